The number of nitrogens with zero attached hydrogens (tertiary/aromatic N) is 4. The first-order chi connectivity index (χ1) is 10.6. The van der Waals surface area contributed by atoms with Crippen LogP contribution in [-0.2, 0) is 20.1 Å². The fourth-order valence-electron chi connectivity index (χ4n) is 2.17. The zero-order valence-corrected chi connectivity index (χ0v) is 13.3. The molecule has 0 fully saturated rings. The van der Waals surface area contributed by atoms with Crippen molar-refractivity contribution in [3.05, 3.63) is 53.6 Å². The minimum Gasteiger partial charge on any atom is -0.357 e. The number of guanidine groups is 1. The van der Waals surface area contributed by atoms with Crippen LogP contribution in [0.5, 0.6) is 0 Å². The number of nitrogens with one attached hydrogen (secondary N) is 1. The normalized spacial score (nSPS) is 11.5. The summed E-state index contributed by atoms with van der Waals surface area (Å²) in [4.78, 5) is 6.58. The Morgan fingerprint density at radius 3 is 2.86 bits per heavy atom. The quantitative estimate of drug-likeness (QED) is 0.680. The Morgan fingerprint density at radius 1 is 1.41 bits per heavy atom. The molecular formula is C16H22FN5. The number of halogens is 1. The summed E-state index contributed by atoms with van der Waals surface area (Å²) < 4.78 is 15.0. The second-order valence-electron chi connectivity index (χ2n) is 5.18. The number of rotatable bonds is 5. The molecule has 2 rings (SSSR count). The average molecular weight is 303 g/mol. The molecular weight excluding hydrogens is 281 g/mol. The number of benzene rings is 1. The van der Waals surface area contributed by atoms with Crippen LogP contribution in [0.4, 0.5) is 4.39 Å². The molecule has 5 nitrogen and oxygen atoms in total. The Morgan fingerprint density at radius 2 is 2.23 bits per heavy atom. The summed E-state index contributed by atoms with van der Waals surface area (Å²) in [5.74, 6) is 0.568. The molecule has 1 N–H and O–H groups in total. The molecule has 22 heavy (non-hydrogen) atoms. The Balaban J connectivity index is 2.05. The second-order valence-corrected chi connectivity index (χ2v) is 5.18. The number of aryl methyl sites for hydroxylation is 1. The molecule has 118 valence electrons. The summed E-state index contributed by atoms with van der Waals surface area (Å²) in [5, 5.41) is 7.38. The number of aromatic nitrogens is 2. The first-order valence-corrected chi connectivity index (χ1v) is 7.30. The zero-order chi connectivity index (χ0) is 15.9. The standard InChI is InChI=1S/C16H22FN5/c1-4-18-16(19-9-14-10-20-22(3)12-14)21(2)11-13-6-5-7-15(17)8-13/h5-8,10,12H,4,9,11H2,1-3H3,(H,18,19). The van der Waals surface area contributed by atoms with E-state index in [0.717, 1.165) is 23.6 Å². The lowest BCUT2D eigenvalue weighted by Crippen LogP contribution is -2.38. The van der Waals surface area contributed by atoms with Crippen molar-refractivity contribution in [3.63, 3.8) is 0 Å². The molecule has 0 saturated carbocycles. The van der Waals surface area contributed by atoms with Gasteiger partial charge in [-0.05, 0) is 24.6 Å². The van der Waals surface area contributed by atoms with Crippen molar-refractivity contribution >= 4 is 5.96 Å². The average Bonchev–Trinajstić information content (AvgIpc) is 2.89. The molecule has 0 aliphatic heterocycles. The highest BCUT2D eigenvalue weighted by atomic mass is 19.1. The fourth-order valence-corrected chi connectivity index (χ4v) is 2.17. The molecule has 0 radical (unpaired) electrons. The highest BCUT2D eigenvalue weighted by Crippen LogP contribution is 2.07. The molecule has 1 aromatic carbocycles. The van der Waals surface area contributed by atoms with E-state index in [9.17, 15) is 4.39 Å². The molecule has 0 aliphatic rings. The third-order valence-electron chi connectivity index (χ3n) is 3.17. The lowest BCUT2D eigenvalue weighted by atomic mass is 10.2. The van der Waals surface area contributed by atoms with Crippen LogP contribution in [0.2, 0.25) is 0 Å². The second kappa shape index (κ2) is 7.59. The van der Waals surface area contributed by atoms with Crippen LogP contribution in [0.15, 0.2) is 41.7 Å². The van der Waals surface area contributed by atoms with Crippen LogP contribution in [0, 0.1) is 5.82 Å². The highest BCUT2D eigenvalue weighted by Gasteiger charge is 2.07. The molecule has 0 atom stereocenters. The molecule has 0 saturated heterocycles. The van der Waals surface area contributed by atoms with Crippen LogP contribution < -0.4 is 5.32 Å². The van der Waals surface area contributed by atoms with Gasteiger partial charge < -0.3 is 10.2 Å². The van der Waals surface area contributed by atoms with Crippen molar-refractivity contribution in [2.45, 2.75) is 20.0 Å². The van der Waals surface area contributed by atoms with Gasteiger partial charge in [0.1, 0.15) is 5.82 Å². The van der Waals surface area contributed by atoms with Gasteiger partial charge in [0, 0.05) is 38.9 Å². The van der Waals surface area contributed by atoms with Crippen molar-refractivity contribution in [1.82, 2.24) is 20.0 Å². The first-order valence-electron chi connectivity index (χ1n) is 7.30. The minimum atomic E-state index is -0.219. The Hall–Kier alpha value is -2.37. The molecule has 6 heteroatoms. The predicted molar refractivity (Wildman–Crippen MR) is 85.9 cm³/mol. The molecule has 0 bridgehead atoms. The molecule has 2 aromatic rings. The van der Waals surface area contributed by atoms with Gasteiger partial charge in [-0.25, -0.2) is 9.38 Å². The summed E-state index contributed by atoms with van der Waals surface area (Å²) >= 11 is 0. The van der Waals surface area contributed by atoms with E-state index < -0.39 is 0 Å². The van der Waals surface area contributed by atoms with Gasteiger partial charge in [-0.1, -0.05) is 12.1 Å². The molecule has 1 aromatic heterocycles. The van der Waals surface area contributed by atoms with Crippen LogP contribution in [0.1, 0.15) is 18.1 Å². The van der Waals surface area contributed by atoms with Gasteiger partial charge in [-0.2, -0.15) is 5.10 Å². The molecule has 0 amide bonds. The van der Waals surface area contributed by atoms with Crippen LogP contribution in [0.25, 0.3) is 0 Å². The van der Waals surface area contributed by atoms with Gasteiger partial charge in [0.25, 0.3) is 0 Å². The third-order valence-corrected chi connectivity index (χ3v) is 3.17. The van der Waals surface area contributed by atoms with Crippen molar-refractivity contribution in [3.8, 4) is 0 Å². The molecule has 0 aliphatic carbocycles. The summed E-state index contributed by atoms with van der Waals surface area (Å²) in [6.07, 6.45) is 3.75. The first kappa shape index (κ1) is 16.0. The molecule has 0 unspecified atom stereocenters. The van der Waals surface area contributed by atoms with E-state index >= 15 is 0 Å². The lowest BCUT2D eigenvalue weighted by Gasteiger charge is -2.22. The van der Waals surface area contributed by atoms with Gasteiger partial charge in [-0.15, -0.1) is 0 Å². The number of hydrogen-bond donors (Lipinski definition) is 1. The van der Waals surface area contributed by atoms with Gasteiger partial charge in [0.15, 0.2) is 5.96 Å². The van der Waals surface area contributed by atoms with E-state index in [0.29, 0.717) is 13.1 Å². The fraction of sp³-hybridized carbons (Fsp3) is 0.375. The van der Waals surface area contributed by atoms with E-state index in [1.54, 1.807) is 23.0 Å². The van der Waals surface area contributed by atoms with Crippen molar-refractivity contribution < 1.29 is 4.39 Å². The number of aliphatic imine (C=N–C) groups is 1. The summed E-state index contributed by atoms with van der Waals surface area (Å²) in [5.41, 5.74) is 1.96. The largest absolute Gasteiger partial charge is 0.357 e. The predicted octanol–water partition coefficient (Wildman–Crippen LogP) is 2.16. The smallest absolute Gasteiger partial charge is 0.194 e. The van der Waals surface area contributed by atoms with E-state index in [4.69, 9.17) is 0 Å². The van der Waals surface area contributed by atoms with E-state index in [1.165, 1.54) is 6.07 Å². The monoisotopic (exact) mass is 303 g/mol. The Kier molecular flexibility index (Phi) is 5.52. The summed E-state index contributed by atoms with van der Waals surface area (Å²) in [7, 11) is 3.82. The maximum Gasteiger partial charge on any atom is 0.194 e. The van der Waals surface area contributed by atoms with Crippen LogP contribution in [0.3, 0.4) is 0 Å². The lowest BCUT2D eigenvalue weighted by molar-refractivity contribution is 0.474. The van der Waals surface area contributed by atoms with Crippen molar-refractivity contribution in [2.75, 3.05) is 13.6 Å². The number of hydrogen-bond acceptors (Lipinski definition) is 2. The Bertz CT molecular complexity index is 635. The van der Waals surface area contributed by atoms with Gasteiger partial charge in [0.05, 0.1) is 12.7 Å². The van der Waals surface area contributed by atoms with Gasteiger partial charge >= 0.3 is 0 Å². The van der Waals surface area contributed by atoms with E-state index in [2.05, 4.69) is 15.4 Å². The highest BCUT2D eigenvalue weighted by molar-refractivity contribution is 5.79. The summed E-state index contributed by atoms with van der Waals surface area (Å²) in [6, 6.07) is 6.62. The summed E-state index contributed by atoms with van der Waals surface area (Å²) in [6.45, 7) is 3.95. The zero-order valence-electron chi connectivity index (χ0n) is 13.3. The van der Waals surface area contributed by atoms with E-state index in [-0.39, 0.29) is 5.82 Å². The van der Waals surface area contributed by atoms with Gasteiger partial charge in [0.2, 0.25) is 0 Å². The third kappa shape index (κ3) is 4.58. The van der Waals surface area contributed by atoms with E-state index in [1.807, 2.05) is 38.2 Å². The van der Waals surface area contributed by atoms with Crippen LogP contribution in [-0.4, -0.2) is 34.2 Å². The SMILES string of the molecule is CCNC(=NCc1cnn(C)c1)N(C)Cc1cccc(F)c1. The van der Waals surface area contributed by atoms with Crippen LogP contribution >= 0.6 is 0 Å². The minimum absolute atomic E-state index is 0.219. The molecule has 0 spiro atoms. The van der Waals surface area contributed by atoms with Crippen molar-refractivity contribution in [2.24, 2.45) is 12.0 Å². The van der Waals surface area contributed by atoms with Crippen molar-refractivity contribution in [1.29, 1.82) is 0 Å². The Labute approximate surface area is 130 Å². The van der Waals surface area contributed by atoms with Gasteiger partial charge in [-0.3, -0.25) is 4.68 Å². The topological polar surface area (TPSA) is 45.5 Å². The molecule has 1 heterocycles. The maximum atomic E-state index is 13.3. The maximum absolute atomic E-state index is 13.3.